The highest BCUT2D eigenvalue weighted by Crippen LogP contribution is 2.38. The molecule has 2 heteroatoms. The maximum atomic E-state index is 4.52. The minimum atomic E-state index is 0.679. The van der Waals surface area contributed by atoms with Gasteiger partial charge in [-0.3, -0.25) is 9.97 Å². The van der Waals surface area contributed by atoms with Gasteiger partial charge >= 0.3 is 0 Å². The van der Waals surface area contributed by atoms with Gasteiger partial charge in [0.25, 0.3) is 0 Å². The highest BCUT2D eigenvalue weighted by Gasteiger charge is 2.25. The Kier molecular flexibility index (Phi) is 4.67. The van der Waals surface area contributed by atoms with E-state index in [-0.39, 0.29) is 0 Å². The molecule has 2 nitrogen and oxygen atoms in total. The summed E-state index contributed by atoms with van der Waals surface area (Å²) in [7, 11) is 0. The molecule has 1 saturated carbocycles. The molecular weight excluding hydrogens is 232 g/mol. The van der Waals surface area contributed by atoms with Crippen molar-refractivity contribution in [3.8, 4) is 11.3 Å². The number of benzene rings is 1. The van der Waals surface area contributed by atoms with E-state index in [1.54, 1.807) is 0 Å². The molecule has 1 aliphatic carbocycles. The van der Waals surface area contributed by atoms with Crippen LogP contribution in [0, 0.1) is 0 Å². The molecule has 100 valence electrons. The first kappa shape index (κ1) is 13.7. The summed E-state index contributed by atoms with van der Waals surface area (Å²) in [6.45, 7) is 6.17. The molecule has 0 bridgehead atoms. The van der Waals surface area contributed by atoms with Gasteiger partial charge in [0, 0.05) is 17.7 Å². The van der Waals surface area contributed by atoms with Crippen LogP contribution in [0.25, 0.3) is 11.3 Å². The number of aromatic nitrogens is 2. The maximum absolute atomic E-state index is 4.52. The Morgan fingerprint density at radius 3 is 2.47 bits per heavy atom. The minimum absolute atomic E-state index is 0.679. The zero-order valence-corrected chi connectivity index (χ0v) is 12.1. The van der Waals surface area contributed by atoms with Gasteiger partial charge in [-0.25, -0.2) is 0 Å². The van der Waals surface area contributed by atoms with Crippen LogP contribution in [0.2, 0.25) is 0 Å². The van der Waals surface area contributed by atoms with Gasteiger partial charge in [0.15, 0.2) is 0 Å². The smallest absolute Gasteiger partial charge is 0.0885 e. The lowest BCUT2D eigenvalue weighted by molar-refractivity contribution is 0.990. The highest BCUT2D eigenvalue weighted by molar-refractivity contribution is 5.59. The van der Waals surface area contributed by atoms with Crippen molar-refractivity contribution in [1.29, 1.82) is 0 Å². The summed E-state index contributed by atoms with van der Waals surface area (Å²) < 4.78 is 0. The lowest BCUT2D eigenvalue weighted by Crippen LogP contribution is -1.91. The second-order valence-corrected chi connectivity index (χ2v) is 4.65. The van der Waals surface area contributed by atoms with E-state index < -0.39 is 0 Å². The van der Waals surface area contributed by atoms with Gasteiger partial charge in [-0.2, -0.15) is 0 Å². The van der Waals surface area contributed by atoms with Crippen LogP contribution >= 0.6 is 0 Å². The van der Waals surface area contributed by atoms with E-state index >= 15 is 0 Å². The van der Waals surface area contributed by atoms with Gasteiger partial charge < -0.3 is 0 Å². The molecule has 1 aromatic carbocycles. The molecule has 0 unspecified atom stereocenters. The van der Waals surface area contributed by atoms with E-state index in [4.69, 9.17) is 0 Å². The first-order valence-electron chi connectivity index (χ1n) is 7.28. The lowest BCUT2D eigenvalue weighted by atomic mass is 10.1. The number of aryl methyl sites for hydroxylation is 1. The topological polar surface area (TPSA) is 25.8 Å². The molecule has 0 saturated heterocycles. The molecule has 0 amide bonds. The molecule has 0 radical (unpaired) electrons. The van der Waals surface area contributed by atoms with Gasteiger partial charge in [0.05, 0.1) is 17.6 Å². The van der Waals surface area contributed by atoms with Crippen LogP contribution in [0.1, 0.15) is 50.8 Å². The van der Waals surface area contributed by atoms with Crippen LogP contribution in [-0.4, -0.2) is 9.97 Å². The van der Waals surface area contributed by atoms with E-state index in [2.05, 4.69) is 41.2 Å². The summed E-state index contributed by atoms with van der Waals surface area (Å²) in [4.78, 5) is 9.03. The quantitative estimate of drug-likeness (QED) is 0.799. The van der Waals surface area contributed by atoms with Gasteiger partial charge in [0.1, 0.15) is 0 Å². The van der Waals surface area contributed by atoms with Crippen molar-refractivity contribution in [3.63, 3.8) is 0 Å². The molecule has 0 atom stereocenters. The van der Waals surface area contributed by atoms with E-state index in [0.717, 1.165) is 17.8 Å². The molecule has 0 N–H and O–H groups in total. The standard InChI is InChI=1S/C15H16N2.C2H6/c1-2-11-4-3-5-13(8-11)15-10-16-14(9-17-15)12-6-7-12;1-2/h3-5,8-10,12H,2,6-7H2,1H3;1-2H3. The Hall–Kier alpha value is -1.70. The van der Waals surface area contributed by atoms with Crippen LogP contribution in [0.15, 0.2) is 36.7 Å². The third-order valence-electron chi connectivity index (χ3n) is 3.30. The van der Waals surface area contributed by atoms with E-state index in [9.17, 15) is 0 Å². The zero-order valence-electron chi connectivity index (χ0n) is 12.1. The molecule has 2 aromatic rings. The van der Waals surface area contributed by atoms with Crippen molar-refractivity contribution < 1.29 is 0 Å². The van der Waals surface area contributed by atoms with Crippen LogP contribution in [0.3, 0.4) is 0 Å². The highest BCUT2D eigenvalue weighted by atomic mass is 14.8. The van der Waals surface area contributed by atoms with Crippen molar-refractivity contribution in [2.45, 2.75) is 46.0 Å². The van der Waals surface area contributed by atoms with Crippen LogP contribution in [0.5, 0.6) is 0 Å². The third kappa shape index (κ3) is 3.40. The van der Waals surface area contributed by atoms with Crippen molar-refractivity contribution in [1.82, 2.24) is 9.97 Å². The summed E-state index contributed by atoms with van der Waals surface area (Å²) in [5.41, 5.74) is 4.64. The SMILES string of the molecule is CC.CCc1cccc(-c2cnc(C3CC3)cn2)c1. The summed E-state index contributed by atoms with van der Waals surface area (Å²) in [5, 5.41) is 0. The third-order valence-corrected chi connectivity index (χ3v) is 3.30. The van der Waals surface area contributed by atoms with E-state index in [0.29, 0.717) is 5.92 Å². The predicted octanol–water partition coefficient (Wildman–Crippen LogP) is 4.61. The van der Waals surface area contributed by atoms with Gasteiger partial charge in [-0.15, -0.1) is 0 Å². The fraction of sp³-hybridized carbons (Fsp3) is 0.412. The Morgan fingerprint density at radius 1 is 1.11 bits per heavy atom. The zero-order chi connectivity index (χ0) is 13.7. The Bertz CT molecular complexity index is 513. The minimum Gasteiger partial charge on any atom is -0.257 e. The van der Waals surface area contributed by atoms with Crippen molar-refractivity contribution in [3.05, 3.63) is 47.9 Å². The number of hydrogen-bond acceptors (Lipinski definition) is 2. The van der Waals surface area contributed by atoms with Gasteiger partial charge in [-0.1, -0.05) is 39.0 Å². The summed E-state index contributed by atoms with van der Waals surface area (Å²) in [6, 6.07) is 8.53. The average Bonchev–Trinajstić information content (AvgIpc) is 3.34. The molecule has 0 spiro atoms. The maximum Gasteiger partial charge on any atom is 0.0885 e. The number of rotatable bonds is 3. The van der Waals surface area contributed by atoms with Crippen LogP contribution < -0.4 is 0 Å². The van der Waals surface area contributed by atoms with Crippen molar-refractivity contribution in [2.24, 2.45) is 0 Å². The molecule has 1 heterocycles. The Morgan fingerprint density at radius 2 is 1.89 bits per heavy atom. The van der Waals surface area contributed by atoms with Gasteiger partial charge in [0.2, 0.25) is 0 Å². The Balaban J connectivity index is 0.000000637. The van der Waals surface area contributed by atoms with Gasteiger partial charge in [-0.05, 0) is 30.9 Å². The summed E-state index contributed by atoms with van der Waals surface area (Å²) in [6.07, 6.45) is 7.45. The fourth-order valence-corrected chi connectivity index (χ4v) is 2.03. The first-order valence-corrected chi connectivity index (χ1v) is 7.28. The second kappa shape index (κ2) is 6.46. The van der Waals surface area contributed by atoms with E-state index in [1.807, 2.05) is 26.2 Å². The summed E-state index contributed by atoms with van der Waals surface area (Å²) >= 11 is 0. The summed E-state index contributed by atoms with van der Waals surface area (Å²) in [5.74, 6) is 0.679. The van der Waals surface area contributed by atoms with Crippen molar-refractivity contribution in [2.75, 3.05) is 0 Å². The molecule has 0 aliphatic heterocycles. The van der Waals surface area contributed by atoms with Crippen molar-refractivity contribution >= 4 is 0 Å². The lowest BCUT2D eigenvalue weighted by Gasteiger charge is -2.04. The average molecular weight is 254 g/mol. The fourth-order valence-electron chi connectivity index (χ4n) is 2.03. The molecule has 1 fully saturated rings. The van der Waals surface area contributed by atoms with E-state index in [1.165, 1.54) is 24.0 Å². The molecule has 19 heavy (non-hydrogen) atoms. The molecular formula is C17H22N2. The molecule has 1 aromatic heterocycles. The predicted molar refractivity (Wildman–Crippen MR) is 80.2 cm³/mol. The molecule has 3 rings (SSSR count). The van der Waals surface area contributed by atoms with Crippen LogP contribution in [-0.2, 0) is 6.42 Å². The Labute approximate surface area is 115 Å². The monoisotopic (exact) mass is 254 g/mol. The number of hydrogen-bond donors (Lipinski definition) is 0. The second-order valence-electron chi connectivity index (χ2n) is 4.65. The molecule has 1 aliphatic rings. The first-order chi connectivity index (χ1) is 9.36. The normalized spacial score (nSPS) is 13.6. The van der Waals surface area contributed by atoms with Crippen LogP contribution in [0.4, 0.5) is 0 Å². The largest absolute Gasteiger partial charge is 0.257 e. The number of nitrogens with zero attached hydrogens (tertiary/aromatic N) is 2.